The number of nitrogens with two attached hydrogens (primary N) is 1. The molecule has 0 aliphatic rings. The van der Waals surface area contributed by atoms with Crippen LogP contribution < -0.4 is 27.6 Å². The van der Waals surface area contributed by atoms with E-state index < -0.39 is 65.4 Å². The smallest absolute Gasteiger partial charge is 0.329 e. The summed E-state index contributed by atoms with van der Waals surface area (Å²) in [5.41, 5.74) is 4.63. The monoisotopic (exact) mass is 523 g/mol. The second-order valence-electron chi connectivity index (χ2n) is 9.16. The van der Waals surface area contributed by atoms with E-state index in [0.29, 0.717) is 5.56 Å². The van der Waals surface area contributed by atoms with Crippen LogP contribution in [0.15, 0.2) is 64.2 Å². The minimum absolute atomic E-state index is 0.0946. The Balaban J connectivity index is 2.03. The minimum Gasteiger partial charge on any atom is -0.480 e. The first-order valence-corrected chi connectivity index (χ1v) is 11.9. The van der Waals surface area contributed by atoms with Crippen molar-refractivity contribution in [2.24, 2.45) is 11.7 Å². The molecule has 200 valence electrons. The molecule has 3 rings (SSSR count). The van der Waals surface area contributed by atoms with E-state index in [1.54, 1.807) is 62.4 Å². The van der Waals surface area contributed by atoms with Gasteiger partial charge in [0.15, 0.2) is 0 Å². The number of carboxylic acid groups (broad SMARTS) is 1. The van der Waals surface area contributed by atoms with Crippen LogP contribution in [0.4, 0.5) is 0 Å². The van der Waals surface area contributed by atoms with Gasteiger partial charge < -0.3 is 26.5 Å². The molecule has 1 aromatic heterocycles. The van der Waals surface area contributed by atoms with Gasteiger partial charge in [-0.1, -0.05) is 56.3 Å². The summed E-state index contributed by atoms with van der Waals surface area (Å²) in [5.74, 6) is -4.58. The van der Waals surface area contributed by atoms with E-state index in [1.165, 1.54) is 6.07 Å². The molecule has 0 spiro atoms. The predicted octanol–water partition coefficient (Wildman–Crippen LogP) is 0.0592. The zero-order chi connectivity index (χ0) is 28.0. The number of rotatable bonds is 11. The zero-order valence-electron chi connectivity index (χ0n) is 20.8. The van der Waals surface area contributed by atoms with Gasteiger partial charge in [0.2, 0.25) is 17.7 Å². The molecule has 0 bridgehead atoms. The number of nitrogens with one attached hydrogen (secondary N) is 3. The molecule has 0 saturated heterocycles. The van der Waals surface area contributed by atoms with Gasteiger partial charge in [0, 0.05) is 6.42 Å². The lowest BCUT2D eigenvalue weighted by atomic mass is 10.0. The minimum atomic E-state index is -1.55. The second-order valence-corrected chi connectivity index (χ2v) is 9.16. The molecule has 6 N–H and O–H groups in total. The molecule has 0 unspecified atom stereocenters. The Labute approximate surface area is 216 Å². The molecule has 3 amide bonds. The van der Waals surface area contributed by atoms with Gasteiger partial charge in [-0.05, 0) is 23.6 Å². The number of H-pyrrole nitrogens is 1. The van der Waals surface area contributed by atoms with Gasteiger partial charge in [-0.15, -0.1) is 0 Å². The summed E-state index contributed by atoms with van der Waals surface area (Å²) in [6, 6.07) is 10.7. The number of hydrogen-bond donors (Lipinski definition) is 5. The van der Waals surface area contributed by atoms with Crippen LogP contribution in [0.3, 0.4) is 0 Å². The molecular formula is C26H29N5O7. The lowest BCUT2D eigenvalue weighted by Gasteiger charge is -2.25. The van der Waals surface area contributed by atoms with Crippen LogP contribution in [0.5, 0.6) is 0 Å². The molecule has 0 saturated carbocycles. The molecule has 3 aromatic rings. The van der Waals surface area contributed by atoms with E-state index in [4.69, 9.17) is 5.73 Å². The van der Waals surface area contributed by atoms with Gasteiger partial charge in [-0.3, -0.25) is 19.2 Å². The Bertz CT molecular complexity index is 1460. The average Bonchev–Trinajstić information content (AvgIpc) is 2.86. The summed E-state index contributed by atoms with van der Waals surface area (Å²) in [6.07, 6.45) is -0.730. The third-order valence-electron chi connectivity index (χ3n) is 5.99. The van der Waals surface area contributed by atoms with Gasteiger partial charge in [0.25, 0.3) is 5.56 Å². The highest BCUT2D eigenvalue weighted by Gasteiger charge is 2.33. The largest absolute Gasteiger partial charge is 0.480 e. The molecule has 0 radical (unpaired) electrons. The first-order chi connectivity index (χ1) is 18.0. The van der Waals surface area contributed by atoms with E-state index in [-0.39, 0.29) is 17.3 Å². The first kappa shape index (κ1) is 27.8. The summed E-state index contributed by atoms with van der Waals surface area (Å²) >= 11 is 0. The van der Waals surface area contributed by atoms with Crippen molar-refractivity contribution >= 4 is 34.6 Å². The topological polar surface area (TPSA) is 193 Å². The molecule has 12 heteroatoms. The Morgan fingerprint density at radius 1 is 0.947 bits per heavy atom. The summed E-state index contributed by atoms with van der Waals surface area (Å²) in [6.45, 7) is 3.16. The lowest BCUT2D eigenvalue weighted by molar-refractivity contribution is -0.143. The summed E-state index contributed by atoms with van der Waals surface area (Å²) < 4.78 is 0.762. The van der Waals surface area contributed by atoms with Crippen LogP contribution in [0.25, 0.3) is 10.9 Å². The van der Waals surface area contributed by atoms with Crippen LogP contribution in [0.1, 0.15) is 31.9 Å². The quantitative estimate of drug-likeness (QED) is 0.234. The highest BCUT2D eigenvalue weighted by atomic mass is 16.4. The molecule has 0 aliphatic heterocycles. The van der Waals surface area contributed by atoms with E-state index in [0.717, 1.165) is 4.57 Å². The van der Waals surface area contributed by atoms with Crippen molar-refractivity contribution in [3.8, 4) is 0 Å². The lowest BCUT2D eigenvalue weighted by Crippen LogP contribution is -2.56. The fraction of sp³-hybridized carbons (Fsp3) is 0.308. The van der Waals surface area contributed by atoms with Crippen LogP contribution in [0, 0.1) is 5.92 Å². The summed E-state index contributed by atoms with van der Waals surface area (Å²) in [7, 11) is 0. The highest BCUT2D eigenvalue weighted by molar-refractivity contribution is 5.94. The molecule has 38 heavy (non-hydrogen) atoms. The number of carboxylic acids is 1. The summed E-state index contributed by atoms with van der Waals surface area (Å²) in [4.78, 5) is 78.6. The maximum Gasteiger partial charge on any atom is 0.329 e. The number of hydrogen-bond acceptors (Lipinski definition) is 6. The van der Waals surface area contributed by atoms with E-state index in [2.05, 4.69) is 15.6 Å². The standard InChI is InChI=1S/C26H29N5O7/c1-14(2)21(25(36)37)30-22(33)18(13-20(27)32)28-23(34)19(12-15-8-4-3-5-9-15)31-24(35)16-10-6-7-11-17(16)29-26(31)38/h3-11,14,18-19,21H,12-13H2,1-2H3,(H2,27,32)(H,28,34)(H,29,38)(H,30,33)(H,36,37)/t18-,19-,21+/m0/s1. The number of fused-ring (bicyclic) bond motifs is 1. The average molecular weight is 524 g/mol. The number of para-hydroxylation sites is 1. The van der Waals surface area contributed by atoms with Crippen LogP contribution in [-0.2, 0) is 25.6 Å². The molecule has 3 atom stereocenters. The number of aliphatic carboxylic acids is 1. The molecule has 12 nitrogen and oxygen atoms in total. The molecule has 0 aliphatic carbocycles. The number of benzene rings is 2. The Morgan fingerprint density at radius 3 is 2.18 bits per heavy atom. The number of aromatic amines is 1. The van der Waals surface area contributed by atoms with Crippen molar-refractivity contribution < 1.29 is 24.3 Å². The second kappa shape index (κ2) is 12.0. The van der Waals surface area contributed by atoms with Crippen LogP contribution in [-0.4, -0.2) is 50.4 Å². The van der Waals surface area contributed by atoms with Gasteiger partial charge in [0.1, 0.15) is 18.1 Å². The van der Waals surface area contributed by atoms with Gasteiger partial charge in [-0.2, -0.15) is 0 Å². The fourth-order valence-corrected chi connectivity index (χ4v) is 4.04. The Kier molecular flexibility index (Phi) is 8.79. The van der Waals surface area contributed by atoms with Crippen LogP contribution >= 0.6 is 0 Å². The third-order valence-corrected chi connectivity index (χ3v) is 5.99. The Hall–Kier alpha value is -4.74. The highest BCUT2D eigenvalue weighted by Crippen LogP contribution is 2.14. The molecule has 0 fully saturated rings. The first-order valence-electron chi connectivity index (χ1n) is 11.9. The normalized spacial score (nSPS) is 13.4. The maximum absolute atomic E-state index is 13.6. The van der Waals surface area contributed by atoms with Gasteiger partial charge in [-0.25, -0.2) is 14.2 Å². The molecule has 2 aromatic carbocycles. The zero-order valence-corrected chi connectivity index (χ0v) is 20.8. The maximum atomic E-state index is 13.6. The number of amides is 3. The van der Waals surface area contributed by atoms with E-state index in [1.807, 2.05) is 0 Å². The van der Waals surface area contributed by atoms with Crippen molar-refractivity contribution in [2.45, 2.75) is 44.8 Å². The number of aromatic nitrogens is 2. The summed E-state index contributed by atoms with van der Waals surface area (Å²) in [5, 5.41) is 14.3. The number of primary amides is 1. The van der Waals surface area contributed by atoms with Crippen molar-refractivity contribution in [2.75, 3.05) is 0 Å². The molecule has 1 heterocycles. The number of carbonyl (C=O) groups excluding carboxylic acids is 3. The van der Waals surface area contributed by atoms with E-state index in [9.17, 15) is 33.9 Å². The van der Waals surface area contributed by atoms with Crippen molar-refractivity contribution in [3.63, 3.8) is 0 Å². The Morgan fingerprint density at radius 2 is 1.58 bits per heavy atom. The third kappa shape index (κ3) is 6.52. The molecular weight excluding hydrogens is 494 g/mol. The van der Waals surface area contributed by atoms with Crippen molar-refractivity contribution in [1.29, 1.82) is 0 Å². The predicted molar refractivity (Wildman–Crippen MR) is 138 cm³/mol. The van der Waals surface area contributed by atoms with Crippen molar-refractivity contribution in [1.82, 2.24) is 20.2 Å². The van der Waals surface area contributed by atoms with E-state index >= 15 is 0 Å². The SMILES string of the molecule is CC(C)[C@@H](NC(=O)[C@H](CC(N)=O)NC(=O)[C@H](Cc1ccccc1)n1c(=O)[nH]c2ccccc2c1=O)C(=O)O. The number of carbonyl (C=O) groups is 4. The van der Waals surface area contributed by atoms with Crippen LogP contribution in [0.2, 0.25) is 0 Å². The van der Waals surface area contributed by atoms with Gasteiger partial charge >= 0.3 is 11.7 Å². The number of nitrogens with zero attached hydrogens (tertiary/aromatic N) is 1. The van der Waals surface area contributed by atoms with Gasteiger partial charge in [0.05, 0.1) is 17.3 Å². The fourth-order valence-electron chi connectivity index (χ4n) is 4.04. The van der Waals surface area contributed by atoms with Crippen molar-refractivity contribution in [3.05, 3.63) is 81.0 Å².